The highest BCUT2D eigenvalue weighted by Crippen LogP contribution is 2.34. The van der Waals surface area contributed by atoms with Crippen molar-refractivity contribution in [2.45, 2.75) is 46.1 Å². The Kier molecular flexibility index (Phi) is 9.11. The van der Waals surface area contributed by atoms with Crippen LogP contribution in [0.1, 0.15) is 50.1 Å². The van der Waals surface area contributed by atoms with Gasteiger partial charge in [-0.05, 0) is 54.3 Å². The van der Waals surface area contributed by atoms with Crippen molar-refractivity contribution in [3.05, 3.63) is 52.0 Å². The third-order valence-electron chi connectivity index (χ3n) is 5.74. The van der Waals surface area contributed by atoms with Crippen molar-refractivity contribution in [2.24, 2.45) is 5.92 Å². The van der Waals surface area contributed by atoms with Gasteiger partial charge in [0, 0.05) is 30.6 Å². The fourth-order valence-corrected chi connectivity index (χ4v) is 4.80. The molecule has 0 saturated carbocycles. The lowest BCUT2D eigenvalue weighted by Gasteiger charge is -2.37. The highest BCUT2D eigenvalue weighted by atomic mass is 32.1. The molecule has 0 unspecified atom stereocenters. The van der Waals surface area contributed by atoms with E-state index < -0.39 is 0 Å². The summed E-state index contributed by atoms with van der Waals surface area (Å²) in [6.07, 6.45) is 2.45. The van der Waals surface area contributed by atoms with Gasteiger partial charge in [0.15, 0.2) is 0 Å². The molecule has 2 aromatic rings. The Labute approximate surface area is 199 Å². The second kappa shape index (κ2) is 12.0. The zero-order chi connectivity index (χ0) is 23.8. The minimum absolute atomic E-state index is 0.0260. The summed E-state index contributed by atoms with van der Waals surface area (Å²) in [6, 6.07) is 7.58. The molecule has 1 aromatic carbocycles. The molecule has 0 spiro atoms. The normalized spacial score (nSPS) is 15.3. The molecular weight excluding hydrogens is 441 g/mol. The number of thiophene rings is 1. The number of carbonyl (C=O) groups is 2. The molecule has 33 heavy (non-hydrogen) atoms. The SMILES string of the molecule is CCCNC(=O)N(CCC(C)C)CC(=O)N1CCc2sccc2[C@H]1COc1cccc(F)c1. The summed E-state index contributed by atoms with van der Waals surface area (Å²) in [4.78, 5) is 30.8. The number of urea groups is 1. The van der Waals surface area contributed by atoms with E-state index in [-0.39, 0.29) is 36.9 Å². The van der Waals surface area contributed by atoms with Crippen molar-refractivity contribution in [3.63, 3.8) is 0 Å². The average molecular weight is 476 g/mol. The van der Waals surface area contributed by atoms with Gasteiger partial charge in [0.05, 0.1) is 6.04 Å². The standard InChI is InChI=1S/C25H34FN3O3S/c1-4-11-27-25(31)28(12-8-18(2)3)16-24(30)29-13-9-23-21(10-14-33-23)22(29)17-32-20-7-5-6-19(26)15-20/h5-7,10,14-15,18,22H,4,8-9,11-13,16-17H2,1-3H3,(H,27,31)/t22-/m1/s1. The van der Waals surface area contributed by atoms with Gasteiger partial charge in [0.2, 0.25) is 5.91 Å². The van der Waals surface area contributed by atoms with Crippen LogP contribution in [0.5, 0.6) is 5.75 Å². The summed E-state index contributed by atoms with van der Waals surface area (Å²) in [7, 11) is 0. The van der Waals surface area contributed by atoms with E-state index >= 15 is 0 Å². The van der Waals surface area contributed by atoms with Crippen LogP contribution < -0.4 is 10.1 Å². The molecule has 180 valence electrons. The lowest BCUT2D eigenvalue weighted by molar-refractivity contribution is -0.135. The quantitative estimate of drug-likeness (QED) is 0.534. The molecule has 1 N–H and O–H groups in total. The van der Waals surface area contributed by atoms with Gasteiger partial charge in [-0.2, -0.15) is 0 Å². The number of amides is 3. The molecule has 6 nitrogen and oxygen atoms in total. The molecule has 3 amide bonds. The van der Waals surface area contributed by atoms with Crippen LogP contribution in [0.2, 0.25) is 0 Å². The number of benzene rings is 1. The number of nitrogens with one attached hydrogen (secondary N) is 1. The largest absolute Gasteiger partial charge is 0.491 e. The zero-order valence-electron chi connectivity index (χ0n) is 19.7. The third kappa shape index (κ3) is 6.93. The van der Waals surface area contributed by atoms with Crippen LogP contribution >= 0.6 is 11.3 Å². The van der Waals surface area contributed by atoms with Gasteiger partial charge in [-0.1, -0.05) is 26.8 Å². The first-order valence-electron chi connectivity index (χ1n) is 11.7. The van der Waals surface area contributed by atoms with E-state index in [9.17, 15) is 14.0 Å². The summed E-state index contributed by atoms with van der Waals surface area (Å²) in [5, 5.41) is 4.93. The van der Waals surface area contributed by atoms with Gasteiger partial charge >= 0.3 is 6.03 Å². The highest BCUT2D eigenvalue weighted by molar-refractivity contribution is 7.10. The highest BCUT2D eigenvalue weighted by Gasteiger charge is 2.33. The van der Waals surface area contributed by atoms with E-state index in [0.717, 1.165) is 24.8 Å². The van der Waals surface area contributed by atoms with Gasteiger partial charge < -0.3 is 19.9 Å². The van der Waals surface area contributed by atoms with Gasteiger partial charge in [-0.25, -0.2) is 9.18 Å². The van der Waals surface area contributed by atoms with Crippen LogP contribution in [0.15, 0.2) is 35.7 Å². The van der Waals surface area contributed by atoms with Gasteiger partial charge in [-0.15, -0.1) is 11.3 Å². The Balaban J connectivity index is 1.74. The molecular formula is C25H34FN3O3S. The van der Waals surface area contributed by atoms with E-state index in [1.165, 1.54) is 17.0 Å². The molecule has 1 atom stereocenters. The van der Waals surface area contributed by atoms with Crippen LogP contribution in [-0.2, 0) is 11.2 Å². The van der Waals surface area contributed by atoms with Crippen LogP contribution in [-0.4, -0.2) is 54.5 Å². The van der Waals surface area contributed by atoms with Crippen LogP contribution in [0.4, 0.5) is 9.18 Å². The first-order chi connectivity index (χ1) is 15.9. The molecule has 1 aromatic heterocycles. The van der Waals surface area contributed by atoms with Gasteiger partial charge in [-0.3, -0.25) is 4.79 Å². The summed E-state index contributed by atoms with van der Waals surface area (Å²) >= 11 is 1.68. The maximum Gasteiger partial charge on any atom is 0.317 e. The van der Waals surface area contributed by atoms with E-state index in [1.54, 1.807) is 28.4 Å². The molecule has 3 rings (SSSR count). The van der Waals surface area contributed by atoms with Crippen molar-refractivity contribution in [1.29, 1.82) is 0 Å². The zero-order valence-corrected chi connectivity index (χ0v) is 20.5. The molecule has 0 bridgehead atoms. The Morgan fingerprint density at radius 1 is 1.33 bits per heavy atom. The molecule has 2 heterocycles. The lowest BCUT2D eigenvalue weighted by atomic mass is 10.0. The molecule has 8 heteroatoms. The Hall–Kier alpha value is -2.61. The van der Waals surface area contributed by atoms with Crippen molar-refractivity contribution in [2.75, 3.05) is 32.8 Å². The van der Waals surface area contributed by atoms with Crippen LogP contribution in [0.3, 0.4) is 0 Å². The van der Waals surface area contributed by atoms with E-state index in [1.807, 2.05) is 23.3 Å². The number of nitrogens with zero attached hydrogens (tertiary/aromatic N) is 2. The Morgan fingerprint density at radius 2 is 2.15 bits per heavy atom. The number of rotatable bonds is 10. The first-order valence-corrected chi connectivity index (χ1v) is 12.5. The van der Waals surface area contributed by atoms with Gasteiger partial charge in [0.1, 0.15) is 24.7 Å². The second-order valence-electron chi connectivity index (χ2n) is 8.76. The number of halogens is 1. The Bertz CT molecular complexity index is 933. The minimum atomic E-state index is -0.362. The second-order valence-corrected chi connectivity index (χ2v) is 9.76. The number of hydrogen-bond donors (Lipinski definition) is 1. The van der Waals surface area contributed by atoms with E-state index in [0.29, 0.717) is 31.3 Å². The predicted molar refractivity (Wildman–Crippen MR) is 129 cm³/mol. The monoisotopic (exact) mass is 475 g/mol. The van der Waals surface area contributed by atoms with Crippen LogP contribution in [0, 0.1) is 11.7 Å². The molecule has 0 fully saturated rings. The molecule has 0 aliphatic carbocycles. The maximum absolute atomic E-state index is 13.6. The summed E-state index contributed by atoms with van der Waals surface area (Å²) in [5.74, 6) is 0.397. The fourth-order valence-electron chi connectivity index (χ4n) is 3.87. The lowest BCUT2D eigenvalue weighted by Crippen LogP contribution is -2.50. The summed E-state index contributed by atoms with van der Waals surface area (Å²) < 4.78 is 19.5. The fraction of sp³-hybridized carbons (Fsp3) is 0.520. The van der Waals surface area contributed by atoms with Gasteiger partial charge in [0.25, 0.3) is 0 Å². The van der Waals surface area contributed by atoms with Crippen molar-refractivity contribution >= 4 is 23.3 Å². The Morgan fingerprint density at radius 3 is 2.88 bits per heavy atom. The maximum atomic E-state index is 13.6. The molecule has 0 radical (unpaired) electrons. The van der Waals surface area contributed by atoms with Crippen molar-refractivity contribution < 1.29 is 18.7 Å². The number of hydrogen-bond acceptors (Lipinski definition) is 4. The number of carbonyl (C=O) groups excluding carboxylic acids is 2. The molecule has 1 aliphatic heterocycles. The third-order valence-corrected chi connectivity index (χ3v) is 6.73. The minimum Gasteiger partial charge on any atom is -0.491 e. The molecule has 1 aliphatic rings. The first kappa shape index (κ1) is 25.0. The van der Waals surface area contributed by atoms with Crippen molar-refractivity contribution in [1.82, 2.24) is 15.1 Å². The van der Waals surface area contributed by atoms with Crippen molar-refractivity contribution in [3.8, 4) is 5.75 Å². The summed E-state index contributed by atoms with van der Waals surface area (Å²) in [5.41, 5.74) is 1.07. The number of ether oxygens (including phenoxy) is 1. The van der Waals surface area contributed by atoms with E-state index in [4.69, 9.17) is 4.74 Å². The predicted octanol–water partition coefficient (Wildman–Crippen LogP) is 4.86. The van der Waals surface area contributed by atoms with Crippen LogP contribution in [0.25, 0.3) is 0 Å². The smallest absolute Gasteiger partial charge is 0.317 e. The molecule has 0 saturated heterocycles. The summed E-state index contributed by atoms with van der Waals surface area (Å²) in [6.45, 7) is 8.14. The number of fused-ring (bicyclic) bond motifs is 1. The topological polar surface area (TPSA) is 61.9 Å². The van der Waals surface area contributed by atoms with E-state index in [2.05, 4.69) is 19.2 Å². The average Bonchev–Trinajstić information content (AvgIpc) is 3.27.